The van der Waals surface area contributed by atoms with Crippen molar-refractivity contribution in [1.82, 2.24) is 9.59 Å². The number of hydrogen-bond acceptors (Lipinski definition) is 5. The SMILES string of the molecule is CCCc1nnsc1C(=O)Nc1ccc(N)cc1F. The van der Waals surface area contributed by atoms with E-state index in [4.69, 9.17) is 5.73 Å². The van der Waals surface area contributed by atoms with Crippen LogP contribution in [0.25, 0.3) is 0 Å². The minimum absolute atomic E-state index is 0.0926. The van der Waals surface area contributed by atoms with E-state index in [0.717, 1.165) is 24.0 Å². The number of nitrogens with two attached hydrogens (primary N) is 1. The predicted octanol–water partition coefficient (Wildman–Crippen LogP) is 2.46. The van der Waals surface area contributed by atoms with E-state index < -0.39 is 11.7 Å². The number of carbonyl (C=O) groups excluding carboxylic acids is 1. The summed E-state index contributed by atoms with van der Waals surface area (Å²) in [5, 5.41) is 6.40. The first-order chi connectivity index (χ1) is 9.11. The largest absolute Gasteiger partial charge is 0.399 e. The van der Waals surface area contributed by atoms with Crippen LogP contribution in [-0.4, -0.2) is 15.5 Å². The molecule has 0 unspecified atom stereocenters. The van der Waals surface area contributed by atoms with E-state index in [9.17, 15) is 9.18 Å². The smallest absolute Gasteiger partial charge is 0.269 e. The highest BCUT2D eigenvalue weighted by Gasteiger charge is 2.17. The third kappa shape index (κ3) is 3.05. The second-order valence-corrected chi connectivity index (χ2v) is 4.75. The van der Waals surface area contributed by atoms with Crippen molar-refractivity contribution in [2.75, 3.05) is 11.1 Å². The molecular formula is C12H13FN4OS. The van der Waals surface area contributed by atoms with E-state index in [0.29, 0.717) is 22.7 Å². The summed E-state index contributed by atoms with van der Waals surface area (Å²) in [5.74, 6) is -0.968. The Morgan fingerprint density at radius 3 is 3.00 bits per heavy atom. The van der Waals surface area contributed by atoms with Crippen LogP contribution in [0.15, 0.2) is 18.2 Å². The minimum Gasteiger partial charge on any atom is -0.399 e. The molecule has 1 aromatic heterocycles. The quantitative estimate of drug-likeness (QED) is 0.843. The van der Waals surface area contributed by atoms with Crippen LogP contribution in [0.2, 0.25) is 0 Å². The van der Waals surface area contributed by atoms with Crippen molar-refractivity contribution in [2.45, 2.75) is 19.8 Å². The molecule has 1 amide bonds. The van der Waals surface area contributed by atoms with Crippen molar-refractivity contribution in [3.05, 3.63) is 34.6 Å². The van der Waals surface area contributed by atoms with Gasteiger partial charge in [0.25, 0.3) is 5.91 Å². The molecule has 0 aliphatic heterocycles. The Bertz CT molecular complexity index is 599. The lowest BCUT2D eigenvalue weighted by molar-refractivity contribution is 0.102. The van der Waals surface area contributed by atoms with Gasteiger partial charge in [-0.15, -0.1) is 5.10 Å². The highest BCUT2D eigenvalue weighted by molar-refractivity contribution is 7.08. The highest BCUT2D eigenvalue weighted by Crippen LogP contribution is 2.20. The van der Waals surface area contributed by atoms with Gasteiger partial charge in [0.1, 0.15) is 10.7 Å². The lowest BCUT2D eigenvalue weighted by atomic mass is 10.2. The van der Waals surface area contributed by atoms with Crippen LogP contribution in [0.1, 0.15) is 28.7 Å². The van der Waals surface area contributed by atoms with E-state index in [2.05, 4.69) is 14.9 Å². The summed E-state index contributed by atoms with van der Waals surface area (Å²) >= 11 is 1.01. The van der Waals surface area contributed by atoms with Crippen molar-refractivity contribution in [3.63, 3.8) is 0 Å². The average molecular weight is 280 g/mol. The number of hydrogen-bond donors (Lipinski definition) is 2. The number of nitrogen functional groups attached to an aromatic ring is 1. The Labute approximate surface area is 113 Å². The Balaban J connectivity index is 2.18. The van der Waals surface area contributed by atoms with E-state index in [1.165, 1.54) is 12.1 Å². The van der Waals surface area contributed by atoms with Crippen LogP contribution in [0, 0.1) is 5.82 Å². The molecule has 1 aromatic carbocycles. The maximum Gasteiger partial charge on any atom is 0.269 e. The molecule has 0 bridgehead atoms. The molecule has 0 spiro atoms. The molecule has 100 valence electrons. The molecule has 5 nitrogen and oxygen atoms in total. The molecular weight excluding hydrogens is 267 g/mol. The zero-order valence-electron chi connectivity index (χ0n) is 10.3. The molecule has 2 rings (SSSR count). The lowest BCUT2D eigenvalue weighted by Crippen LogP contribution is -2.13. The van der Waals surface area contributed by atoms with Crippen molar-refractivity contribution >= 4 is 28.8 Å². The second kappa shape index (κ2) is 5.75. The van der Waals surface area contributed by atoms with E-state index in [1.54, 1.807) is 0 Å². The first-order valence-electron chi connectivity index (χ1n) is 5.79. The van der Waals surface area contributed by atoms with Gasteiger partial charge in [-0.3, -0.25) is 4.79 Å². The Morgan fingerprint density at radius 1 is 1.53 bits per heavy atom. The van der Waals surface area contributed by atoms with Gasteiger partial charge in [-0.25, -0.2) is 4.39 Å². The van der Waals surface area contributed by atoms with Crippen molar-refractivity contribution in [1.29, 1.82) is 0 Å². The van der Waals surface area contributed by atoms with Gasteiger partial charge in [-0.2, -0.15) is 0 Å². The van der Waals surface area contributed by atoms with Crippen LogP contribution < -0.4 is 11.1 Å². The van der Waals surface area contributed by atoms with Crippen molar-refractivity contribution in [3.8, 4) is 0 Å². The van der Waals surface area contributed by atoms with Crippen LogP contribution in [0.5, 0.6) is 0 Å². The first-order valence-corrected chi connectivity index (χ1v) is 6.56. The van der Waals surface area contributed by atoms with Crippen molar-refractivity contribution in [2.24, 2.45) is 0 Å². The van der Waals surface area contributed by atoms with E-state index in [1.807, 2.05) is 6.92 Å². The summed E-state index contributed by atoms with van der Waals surface area (Å²) in [6.45, 7) is 1.99. The zero-order valence-corrected chi connectivity index (χ0v) is 11.1. The van der Waals surface area contributed by atoms with Crippen LogP contribution in [0.4, 0.5) is 15.8 Å². The number of benzene rings is 1. The summed E-state index contributed by atoms with van der Waals surface area (Å²) < 4.78 is 17.3. The molecule has 0 saturated heterocycles. The fraction of sp³-hybridized carbons (Fsp3) is 0.250. The van der Waals surface area contributed by atoms with Gasteiger partial charge in [0, 0.05) is 5.69 Å². The number of nitrogens with zero attached hydrogens (tertiary/aromatic N) is 2. The molecule has 0 aliphatic carbocycles. The van der Waals surface area contributed by atoms with E-state index in [-0.39, 0.29) is 5.69 Å². The van der Waals surface area contributed by atoms with Gasteiger partial charge in [0.2, 0.25) is 0 Å². The number of anilines is 2. The van der Waals surface area contributed by atoms with Crippen molar-refractivity contribution < 1.29 is 9.18 Å². The minimum atomic E-state index is -0.567. The van der Waals surface area contributed by atoms with Crippen LogP contribution in [-0.2, 0) is 6.42 Å². The standard InChI is InChI=1S/C12H13FN4OS/c1-2-3-10-11(19-17-16-10)12(18)15-9-5-4-7(14)6-8(9)13/h4-6H,2-3,14H2,1H3,(H,15,18). The molecule has 0 atom stereocenters. The summed E-state index contributed by atoms with van der Waals surface area (Å²) in [6, 6.07) is 4.11. The molecule has 0 fully saturated rings. The molecule has 2 aromatic rings. The molecule has 19 heavy (non-hydrogen) atoms. The number of aryl methyl sites for hydroxylation is 1. The fourth-order valence-electron chi connectivity index (χ4n) is 1.59. The molecule has 0 saturated carbocycles. The number of nitrogens with one attached hydrogen (secondary N) is 1. The first kappa shape index (κ1) is 13.4. The van der Waals surface area contributed by atoms with Gasteiger partial charge in [0.15, 0.2) is 0 Å². The zero-order chi connectivity index (χ0) is 13.8. The van der Waals surface area contributed by atoms with Gasteiger partial charge in [-0.1, -0.05) is 17.8 Å². The fourth-order valence-corrected chi connectivity index (χ4v) is 2.20. The van der Waals surface area contributed by atoms with Gasteiger partial charge in [-0.05, 0) is 36.2 Å². The summed E-state index contributed by atoms with van der Waals surface area (Å²) in [6.07, 6.45) is 1.53. The summed E-state index contributed by atoms with van der Waals surface area (Å²) in [4.78, 5) is 12.4. The normalized spacial score (nSPS) is 10.4. The number of amides is 1. The number of halogens is 1. The number of aromatic nitrogens is 2. The lowest BCUT2D eigenvalue weighted by Gasteiger charge is -2.06. The molecule has 1 heterocycles. The maximum absolute atomic E-state index is 13.6. The molecule has 0 aliphatic rings. The van der Waals surface area contributed by atoms with Gasteiger partial charge < -0.3 is 11.1 Å². The van der Waals surface area contributed by atoms with E-state index >= 15 is 0 Å². The van der Waals surface area contributed by atoms with Crippen LogP contribution in [0.3, 0.4) is 0 Å². The second-order valence-electron chi connectivity index (χ2n) is 3.99. The topological polar surface area (TPSA) is 80.9 Å². The third-order valence-electron chi connectivity index (χ3n) is 2.49. The van der Waals surface area contributed by atoms with Gasteiger partial charge >= 0.3 is 0 Å². The summed E-state index contributed by atoms with van der Waals surface area (Å²) in [5.41, 5.74) is 6.49. The maximum atomic E-state index is 13.6. The Kier molecular flexibility index (Phi) is 4.06. The van der Waals surface area contributed by atoms with Gasteiger partial charge in [0.05, 0.1) is 11.4 Å². The monoisotopic (exact) mass is 280 g/mol. The Hall–Kier alpha value is -2.02. The Morgan fingerprint density at radius 2 is 2.32 bits per heavy atom. The third-order valence-corrected chi connectivity index (χ3v) is 3.26. The predicted molar refractivity (Wildman–Crippen MR) is 72.7 cm³/mol. The molecule has 7 heteroatoms. The average Bonchev–Trinajstić information content (AvgIpc) is 2.81. The molecule has 0 radical (unpaired) electrons. The van der Waals surface area contributed by atoms with Crippen LogP contribution >= 0.6 is 11.5 Å². The highest BCUT2D eigenvalue weighted by atomic mass is 32.1. The molecule has 3 N–H and O–H groups in total. The number of rotatable bonds is 4. The number of carbonyl (C=O) groups is 1. The summed E-state index contributed by atoms with van der Waals surface area (Å²) in [7, 11) is 0.